The summed E-state index contributed by atoms with van der Waals surface area (Å²) in [5, 5.41) is 5.07. The molecule has 29 heavy (non-hydrogen) atoms. The molecule has 1 atom stereocenters. The van der Waals surface area contributed by atoms with Crippen LogP contribution >= 0.6 is 22.6 Å². The first-order chi connectivity index (χ1) is 13.4. The zero-order chi connectivity index (χ0) is 21.6. The number of rotatable bonds is 2. The van der Waals surface area contributed by atoms with E-state index in [9.17, 15) is 4.79 Å². The molecule has 2 fully saturated rings. The molecule has 8 heteroatoms. The molecule has 2 N–H and O–H groups in total. The molecule has 0 radical (unpaired) electrons. The first-order valence-corrected chi connectivity index (χ1v) is 11.7. The molecule has 2 saturated heterocycles. The van der Waals surface area contributed by atoms with Gasteiger partial charge in [-0.05, 0) is 89.8 Å². The summed E-state index contributed by atoms with van der Waals surface area (Å²) in [6.07, 6.45) is 3.55. The number of carbonyl (C=O) groups excluding carboxylic acids is 1. The SMILES string of the molecule is Cc1c(I)c(N2CCC(N)CC2(C)C)nn1C1CCN(C(=O)OC(C)(C)C)CC1. The normalized spacial score (nSPS) is 23.4. The van der Waals surface area contributed by atoms with Crippen LogP contribution < -0.4 is 10.6 Å². The highest BCUT2D eigenvalue weighted by molar-refractivity contribution is 14.1. The van der Waals surface area contributed by atoms with E-state index in [1.807, 2.05) is 25.7 Å². The summed E-state index contributed by atoms with van der Waals surface area (Å²) in [6.45, 7) is 14.7. The lowest BCUT2D eigenvalue weighted by molar-refractivity contribution is 0.0184. The minimum absolute atomic E-state index is 0.00326. The van der Waals surface area contributed by atoms with Gasteiger partial charge >= 0.3 is 6.09 Å². The maximum Gasteiger partial charge on any atom is 0.410 e. The van der Waals surface area contributed by atoms with E-state index >= 15 is 0 Å². The molecule has 3 rings (SSSR count). The molecular formula is C21H36IN5O2. The number of carbonyl (C=O) groups is 1. The van der Waals surface area contributed by atoms with E-state index in [0.29, 0.717) is 19.1 Å². The summed E-state index contributed by atoms with van der Waals surface area (Å²) in [5.41, 5.74) is 6.98. The Morgan fingerprint density at radius 1 is 1.21 bits per heavy atom. The molecule has 2 aliphatic heterocycles. The number of nitrogens with zero attached hydrogens (tertiary/aromatic N) is 4. The smallest absolute Gasteiger partial charge is 0.410 e. The van der Waals surface area contributed by atoms with Gasteiger partial charge in [0.25, 0.3) is 0 Å². The van der Waals surface area contributed by atoms with Crippen molar-refractivity contribution in [3.8, 4) is 0 Å². The number of hydrogen-bond acceptors (Lipinski definition) is 5. The number of anilines is 1. The fraction of sp³-hybridized carbons (Fsp3) is 0.810. The molecular weight excluding hydrogens is 481 g/mol. The number of aromatic nitrogens is 2. The summed E-state index contributed by atoms with van der Waals surface area (Å²) in [7, 11) is 0. The molecule has 0 aliphatic carbocycles. The lowest BCUT2D eigenvalue weighted by Crippen LogP contribution is -2.54. The lowest BCUT2D eigenvalue weighted by atomic mass is 9.87. The van der Waals surface area contributed by atoms with Crippen LogP contribution in [-0.2, 0) is 4.74 Å². The molecule has 0 aromatic carbocycles. The van der Waals surface area contributed by atoms with Gasteiger partial charge in [0, 0.05) is 31.2 Å². The average molecular weight is 517 g/mol. The van der Waals surface area contributed by atoms with E-state index in [1.54, 1.807) is 0 Å². The van der Waals surface area contributed by atoms with Gasteiger partial charge in [0.1, 0.15) is 5.60 Å². The van der Waals surface area contributed by atoms with Crippen molar-refractivity contribution in [2.45, 2.75) is 90.4 Å². The van der Waals surface area contributed by atoms with Gasteiger partial charge in [0.2, 0.25) is 0 Å². The van der Waals surface area contributed by atoms with Crippen LogP contribution in [0.2, 0.25) is 0 Å². The number of amides is 1. The molecule has 3 heterocycles. The Bertz CT molecular complexity index is 747. The fourth-order valence-electron chi connectivity index (χ4n) is 4.47. The van der Waals surface area contributed by atoms with E-state index < -0.39 is 5.60 Å². The fourth-order valence-corrected chi connectivity index (χ4v) is 5.12. The molecule has 7 nitrogen and oxygen atoms in total. The standard InChI is InChI=1S/C21H36IN5O2/c1-14-17(22)18(26-12-7-15(23)13-21(26,5)6)24-27(14)16-8-10-25(11-9-16)19(28)29-20(2,3)4/h15-16H,7-13,23H2,1-6H3. The zero-order valence-electron chi connectivity index (χ0n) is 18.7. The number of piperidine rings is 2. The highest BCUT2D eigenvalue weighted by atomic mass is 127. The Balaban J connectivity index is 1.72. The number of ether oxygens (including phenoxy) is 1. The van der Waals surface area contributed by atoms with Crippen molar-refractivity contribution >= 4 is 34.5 Å². The summed E-state index contributed by atoms with van der Waals surface area (Å²) in [5.74, 6) is 1.08. The Hall–Kier alpha value is -1.03. The largest absolute Gasteiger partial charge is 0.444 e. The van der Waals surface area contributed by atoms with Gasteiger partial charge in [-0.25, -0.2) is 4.79 Å². The third-order valence-corrected chi connectivity index (χ3v) is 7.26. The van der Waals surface area contributed by atoms with Crippen LogP contribution in [0.25, 0.3) is 0 Å². The van der Waals surface area contributed by atoms with Gasteiger partial charge in [-0.15, -0.1) is 0 Å². The molecule has 0 saturated carbocycles. The van der Waals surface area contributed by atoms with Crippen LogP contribution in [0.4, 0.5) is 10.6 Å². The molecule has 164 valence electrons. The van der Waals surface area contributed by atoms with Crippen molar-refractivity contribution in [2.24, 2.45) is 5.73 Å². The molecule has 1 amide bonds. The second-order valence-electron chi connectivity index (χ2n) is 10.1. The van der Waals surface area contributed by atoms with Gasteiger partial charge in [-0.3, -0.25) is 4.68 Å². The Morgan fingerprint density at radius 3 is 2.38 bits per heavy atom. The lowest BCUT2D eigenvalue weighted by Gasteiger charge is -2.45. The van der Waals surface area contributed by atoms with Crippen LogP contribution in [-0.4, -0.2) is 57.6 Å². The minimum Gasteiger partial charge on any atom is -0.444 e. The summed E-state index contributed by atoms with van der Waals surface area (Å²) < 4.78 is 8.93. The maximum absolute atomic E-state index is 12.3. The first kappa shape index (κ1) is 22.7. The predicted molar refractivity (Wildman–Crippen MR) is 124 cm³/mol. The van der Waals surface area contributed by atoms with E-state index in [2.05, 4.69) is 52.9 Å². The van der Waals surface area contributed by atoms with E-state index in [0.717, 1.165) is 38.0 Å². The van der Waals surface area contributed by atoms with Gasteiger partial charge in [0.15, 0.2) is 5.82 Å². The molecule has 1 unspecified atom stereocenters. The first-order valence-electron chi connectivity index (χ1n) is 10.6. The van der Waals surface area contributed by atoms with Crippen molar-refractivity contribution < 1.29 is 9.53 Å². The highest BCUT2D eigenvalue weighted by Crippen LogP contribution is 2.37. The minimum atomic E-state index is -0.457. The van der Waals surface area contributed by atoms with Crippen molar-refractivity contribution in [3.63, 3.8) is 0 Å². The van der Waals surface area contributed by atoms with E-state index in [-0.39, 0.29) is 17.7 Å². The number of hydrogen-bond donors (Lipinski definition) is 1. The zero-order valence-corrected chi connectivity index (χ0v) is 20.8. The third kappa shape index (κ3) is 5.00. The highest BCUT2D eigenvalue weighted by Gasteiger charge is 2.37. The van der Waals surface area contributed by atoms with Crippen molar-refractivity contribution in [2.75, 3.05) is 24.5 Å². The van der Waals surface area contributed by atoms with Crippen LogP contribution in [0.3, 0.4) is 0 Å². The molecule has 1 aromatic rings. The second-order valence-corrected chi connectivity index (χ2v) is 11.2. The van der Waals surface area contributed by atoms with Gasteiger partial charge in [-0.1, -0.05) is 0 Å². The summed E-state index contributed by atoms with van der Waals surface area (Å²) in [6, 6.07) is 0.574. The van der Waals surface area contributed by atoms with Gasteiger partial charge in [0.05, 0.1) is 15.3 Å². The van der Waals surface area contributed by atoms with E-state index in [4.69, 9.17) is 15.6 Å². The van der Waals surface area contributed by atoms with Gasteiger partial charge in [-0.2, -0.15) is 5.10 Å². The molecule has 1 aromatic heterocycles. The van der Waals surface area contributed by atoms with E-state index in [1.165, 1.54) is 9.26 Å². The number of nitrogens with two attached hydrogens (primary N) is 1. The quantitative estimate of drug-likeness (QED) is 0.599. The predicted octanol–water partition coefficient (Wildman–Crippen LogP) is 4.07. The van der Waals surface area contributed by atoms with Crippen molar-refractivity contribution in [3.05, 3.63) is 9.26 Å². The Labute approximate surface area is 188 Å². The van der Waals surface area contributed by atoms with Crippen LogP contribution in [0.15, 0.2) is 0 Å². The average Bonchev–Trinajstić information content (AvgIpc) is 2.88. The summed E-state index contributed by atoms with van der Waals surface area (Å²) in [4.78, 5) is 16.6. The van der Waals surface area contributed by atoms with Crippen LogP contribution in [0.1, 0.15) is 72.0 Å². The van der Waals surface area contributed by atoms with Crippen molar-refractivity contribution in [1.29, 1.82) is 0 Å². The molecule has 0 spiro atoms. The monoisotopic (exact) mass is 517 g/mol. The Kier molecular flexibility index (Phi) is 6.44. The third-order valence-electron chi connectivity index (χ3n) is 5.99. The number of likely N-dealkylation sites (tertiary alicyclic amines) is 1. The molecule has 0 bridgehead atoms. The number of halogens is 1. The maximum atomic E-state index is 12.3. The second kappa shape index (κ2) is 8.24. The Morgan fingerprint density at radius 2 is 1.83 bits per heavy atom. The van der Waals surface area contributed by atoms with Gasteiger partial charge < -0.3 is 20.3 Å². The summed E-state index contributed by atoms with van der Waals surface area (Å²) >= 11 is 2.43. The van der Waals surface area contributed by atoms with Crippen LogP contribution in [0.5, 0.6) is 0 Å². The van der Waals surface area contributed by atoms with Crippen molar-refractivity contribution in [1.82, 2.24) is 14.7 Å². The molecule has 2 aliphatic rings. The van der Waals surface area contributed by atoms with Crippen LogP contribution in [0, 0.1) is 10.5 Å². The topological polar surface area (TPSA) is 76.6 Å².